The van der Waals surface area contributed by atoms with E-state index >= 15 is 0 Å². The number of benzene rings is 1. The van der Waals surface area contributed by atoms with Crippen LogP contribution in [-0.4, -0.2) is 31.1 Å². The molecule has 0 saturated carbocycles. The number of carbonyl (C=O) groups excluding carboxylic acids is 1. The Morgan fingerprint density at radius 3 is 1.37 bits per heavy atom. The monoisotopic (exact) mass is 568 g/mol. The normalized spacial score (nSPS) is 11.6. The van der Waals surface area contributed by atoms with Crippen LogP contribution in [0.25, 0.3) is 0 Å². The number of carbonyl (C=O) groups is 1. The number of hydrogen-bond acceptors (Lipinski definition) is 3. The zero-order chi connectivity index (χ0) is 28.2. The Kier molecular flexibility index (Phi) is 27.6. The molecule has 0 bridgehead atoms. The molecule has 1 aromatic carbocycles. The third-order valence-corrected chi connectivity index (χ3v) is 13.1. The van der Waals surface area contributed by atoms with Crippen molar-refractivity contribution in [2.75, 3.05) is 25.2 Å². The van der Waals surface area contributed by atoms with Gasteiger partial charge in [0.25, 0.3) is 0 Å². The summed E-state index contributed by atoms with van der Waals surface area (Å²) in [6, 6.07) is 9.88. The van der Waals surface area contributed by atoms with Crippen LogP contribution >= 0.6 is 19.3 Å². The SMILES string of the molecule is CC(=O)OSCc1ccccc1.CCCCCCCC[PH](C)(CCCCCCCC)CCCCCCCC. The van der Waals surface area contributed by atoms with E-state index in [0.29, 0.717) is 5.75 Å². The maximum absolute atomic E-state index is 10.4. The first-order valence-electron chi connectivity index (χ1n) is 16.3. The van der Waals surface area contributed by atoms with Crippen LogP contribution in [-0.2, 0) is 14.7 Å². The first-order chi connectivity index (χ1) is 18.5. The van der Waals surface area contributed by atoms with Gasteiger partial charge in [-0.1, -0.05) is 30.3 Å². The van der Waals surface area contributed by atoms with E-state index in [1.165, 1.54) is 122 Å². The molecule has 0 N–H and O–H groups in total. The van der Waals surface area contributed by atoms with Crippen LogP contribution in [0.3, 0.4) is 0 Å². The van der Waals surface area contributed by atoms with Gasteiger partial charge in [-0.25, -0.2) is 0 Å². The minimum absolute atomic E-state index is 0.254. The minimum atomic E-state index is -0.955. The van der Waals surface area contributed by atoms with Gasteiger partial charge >= 0.3 is 175 Å². The fourth-order valence-electron chi connectivity index (χ4n) is 5.13. The molecule has 0 fully saturated rings. The van der Waals surface area contributed by atoms with E-state index in [1.54, 1.807) is 18.5 Å². The molecule has 0 spiro atoms. The van der Waals surface area contributed by atoms with E-state index in [1.807, 2.05) is 30.3 Å². The molecule has 4 heteroatoms. The van der Waals surface area contributed by atoms with E-state index in [9.17, 15) is 4.79 Å². The summed E-state index contributed by atoms with van der Waals surface area (Å²) in [5.74, 6) is 0.455. The van der Waals surface area contributed by atoms with Gasteiger partial charge in [-0.2, -0.15) is 0 Å². The molecule has 224 valence electrons. The molecule has 0 aromatic heterocycles. The third-order valence-electron chi connectivity index (χ3n) is 7.65. The molecule has 0 amide bonds. The van der Waals surface area contributed by atoms with E-state index in [-0.39, 0.29) is 5.97 Å². The Labute approximate surface area is 243 Å². The van der Waals surface area contributed by atoms with Crippen LogP contribution in [0, 0.1) is 0 Å². The quantitative estimate of drug-likeness (QED) is 0.0704. The Morgan fingerprint density at radius 2 is 1.00 bits per heavy atom. The Morgan fingerprint density at radius 1 is 0.632 bits per heavy atom. The number of rotatable bonds is 24. The van der Waals surface area contributed by atoms with Gasteiger partial charge in [-0.05, 0) is 5.56 Å². The van der Waals surface area contributed by atoms with Crippen LogP contribution in [0.15, 0.2) is 30.3 Å². The van der Waals surface area contributed by atoms with Crippen LogP contribution in [0.5, 0.6) is 0 Å². The fraction of sp³-hybridized carbons (Fsp3) is 0.794. The average molecular weight is 569 g/mol. The second-order valence-electron chi connectivity index (χ2n) is 11.7. The Hall–Kier alpha value is -0.530. The summed E-state index contributed by atoms with van der Waals surface area (Å²) in [6.45, 7) is 11.1. The van der Waals surface area contributed by atoms with E-state index in [0.717, 1.165) is 17.6 Å². The number of hydrogen-bond donors (Lipinski definition) is 0. The van der Waals surface area contributed by atoms with Crippen molar-refractivity contribution in [1.29, 1.82) is 0 Å². The predicted octanol–water partition coefficient (Wildman–Crippen LogP) is 11.8. The Bertz CT molecular complexity index is 581. The predicted molar refractivity (Wildman–Crippen MR) is 178 cm³/mol. The summed E-state index contributed by atoms with van der Waals surface area (Å²) in [7, 11) is -0.955. The first kappa shape index (κ1) is 37.5. The summed E-state index contributed by atoms with van der Waals surface area (Å²) in [5, 5.41) is 0. The van der Waals surface area contributed by atoms with Crippen molar-refractivity contribution in [3.05, 3.63) is 35.9 Å². The maximum atomic E-state index is 10.4. The molecule has 2 nitrogen and oxygen atoms in total. The second kappa shape index (κ2) is 28.0. The second-order valence-corrected chi connectivity index (χ2v) is 17.5. The molecule has 0 atom stereocenters. The van der Waals surface area contributed by atoms with Crippen LogP contribution in [0.2, 0.25) is 0 Å². The molecular formula is C34H65O2PS. The summed E-state index contributed by atoms with van der Waals surface area (Å²) in [6.07, 6.45) is 31.4. The molecule has 0 aliphatic carbocycles. The molecule has 0 unspecified atom stereocenters. The molecule has 0 aliphatic rings. The zero-order valence-corrected chi connectivity index (χ0v) is 28.0. The van der Waals surface area contributed by atoms with E-state index in [2.05, 4.69) is 27.4 Å². The van der Waals surface area contributed by atoms with Crippen LogP contribution in [0.1, 0.15) is 149 Å². The van der Waals surface area contributed by atoms with Gasteiger partial charge in [0, 0.05) is 6.92 Å². The topological polar surface area (TPSA) is 26.3 Å². The first-order valence-corrected chi connectivity index (χ1v) is 20.3. The standard InChI is InChI=1S/C25H55P.C9H10O2S/c1-5-8-11-14-17-20-23-26(4,24-21-18-15-12-9-6-2)25-22-19-16-13-10-7-3;1-8(10)11-12-7-9-5-3-2-4-6-9/h26H,5-25H2,1-4H3;2-6H,7H2,1H3. The van der Waals surface area contributed by atoms with Crippen molar-refractivity contribution in [2.24, 2.45) is 0 Å². The van der Waals surface area contributed by atoms with Crippen LogP contribution in [0.4, 0.5) is 0 Å². The van der Waals surface area contributed by atoms with Gasteiger partial charge in [0.15, 0.2) is 0 Å². The molecular weight excluding hydrogens is 503 g/mol. The Balaban J connectivity index is 0.000000942. The van der Waals surface area contributed by atoms with Crippen molar-refractivity contribution < 1.29 is 8.98 Å². The molecule has 38 heavy (non-hydrogen) atoms. The van der Waals surface area contributed by atoms with Gasteiger partial charge in [-0.15, -0.1) is 0 Å². The molecule has 0 radical (unpaired) electrons. The molecule has 0 saturated heterocycles. The van der Waals surface area contributed by atoms with Crippen molar-refractivity contribution in [3.8, 4) is 0 Å². The van der Waals surface area contributed by atoms with Crippen LogP contribution < -0.4 is 0 Å². The molecule has 1 aromatic rings. The third kappa shape index (κ3) is 25.7. The van der Waals surface area contributed by atoms with Gasteiger partial charge in [-0.3, -0.25) is 4.79 Å². The van der Waals surface area contributed by atoms with Gasteiger partial charge in [0.05, 0.1) is 17.8 Å². The van der Waals surface area contributed by atoms with Crippen molar-refractivity contribution in [3.63, 3.8) is 0 Å². The number of unbranched alkanes of at least 4 members (excludes halogenated alkanes) is 15. The van der Waals surface area contributed by atoms with Gasteiger partial charge in [0.1, 0.15) is 0 Å². The van der Waals surface area contributed by atoms with E-state index < -0.39 is 7.26 Å². The fourth-order valence-corrected chi connectivity index (χ4v) is 9.74. The van der Waals surface area contributed by atoms with Crippen molar-refractivity contribution >= 4 is 25.3 Å². The summed E-state index contributed by atoms with van der Waals surface area (Å²) < 4.78 is 4.72. The molecule has 1 rings (SSSR count). The van der Waals surface area contributed by atoms with E-state index in [4.69, 9.17) is 4.18 Å². The molecule has 0 aliphatic heterocycles. The zero-order valence-electron chi connectivity index (χ0n) is 26.2. The average Bonchev–Trinajstić information content (AvgIpc) is 2.91. The van der Waals surface area contributed by atoms with Crippen molar-refractivity contribution in [1.82, 2.24) is 0 Å². The van der Waals surface area contributed by atoms with Gasteiger partial charge < -0.3 is 4.18 Å². The summed E-state index contributed by atoms with van der Waals surface area (Å²) in [4.78, 5) is 10.4. The van der Waals surface area contributed by atoms with Crippen molar-refractivity contribution in [2.45, 2.75) is 149 Å². The van der Waals surface area contributed by atoms with Gasteiger partial charge in [0.2, 0.25) is 0 Å². The summed E-state index contributed by atoms with van der Waals surface area (Å²) >= 11 is 1.16. The summed E-state index contributed by atoms with van der Waals surface area (Å²) in [5.41, 5.74) is 1.16. The molecule has 0 heterocycles.